The first-order valence-corrected chi connectivity index (χ1v) is 5.64. The molecule has 0 spiro atoms. The highest BCUT2D eigenvalue weighted by atomic mass is 16.2. The van der Waals surface area contributed by atoms with Crippen LogP contribution in [0.1, 0.15) is 43.7 Å². The minimum absolute atomic E-state index is 0.0962. The summed E-state index contributed by atoms with van der Waals surface area (Å²) in [5.41, 5.74) is 5.39. The molecular weight excluding hydrogens is 206 g/mol. The van der Waals surface area contributed by atoms with E-state index < -0.39 is 0 Å². The Morgan fingerprint density at radius 2 is 2.38 bits per heavy atom. The number of H-pyrrole nitrogens is 1. The van der Waals surface area contributed by atoms with E-state index >= 15 is 0 Å². The monoisotopic (exact) mass is 223 g/mol. The van der Waals surface area contributed by atoms with Gasteiger partial charge in [0.1, 0.15) is 0 Å². The van der Waals surface area contributed by atoms with Gasteiger partial charge in [0.2, 0.25) is 11.8 Å². The summed E-state index contributed by atoms with van der Waals surface area (Å²) in [6, 6.07) is 0.581. The molecular formula is C10H17N5O. The number of likely N-dealkylation sites (tertiary alicyclic amines) is 1. The molecule has 0 aliphatic carbocycles. The Hall–Kier alpha value is -1.59. The first-order valence-electron chi connectivity index (χ1n) is 5.64. The van der Waals surface area contributed by atoms with Gasteiger partial charge in [-0.1, -0.05) is 6.92 Å². The number of nitrogens with two attached hydrogens (primary N) is 1. The minimum atomic E-state index is -0.0962. The first-order chi connectivity index (χ1) is 7.63. The molecule has 2 rings (SSSR count). The fourth-order valence-corrected chi connectivity index (χ4v) is 2.33. The SMILES string of the molecule is CCC1CCC(C)N1C(=O)c1nc(N)n[nH]1. The van der Waals surface area contributed by atoms with Crippen LogP contribution < -0.4 is 5.73 Å². The van der Waals surface area contributed by atoms with Gasteiger partial charge in [-0.25, -0.2) is 0 Å². The molecule has 3 N–H and O–H groups in total. The second kappa shape index (κ2) is 4.11. The molecule has 1 amide bonds. The molecule has 1 aliphatic rings. The van der Waals surface area contributed by atoms with Crippen molar-refractivity contribution in [1.82, 2.24) is 20.1 Å². The van der Waals surface area contributed by atoms with Crippen LogP contribution in [0.2, 0.25) is 0 Å². The summed E-state index contributed by atoms with van der Waals surface area (Å²) >= 11 is 0. The van der Waals surface area contributed by atoms with E-state index in [1.807, 2.05) is 4.90 Å². The van der Waals surface area contributed by atoms with Crippen molar-refractivity contribution in [3.8, 4) is 0 Å². The molecule has 1 fully saturated rings. The van der Waals surface area contributed by atoms with Gasteiger partial charge in [0.15, 0.2) is 0 Å². The number of aromatic amines is 1. The quantitative estimate of drug-likeness (QED) is 0.775. The summed E-state index contributed by atoms with van der Waals surface area (Å²) in [4.78, 5) is 17.9. The van der Waals surface area contributed by atoms with Crippen LogP contribution in [0.4, 0.5) is 5.95 Å². The van der Waals surface area contributed by atoms with Gasteiger partial charge in [-0.15, -0.1) is 5.10 Å². The molecule has 1 saturated heterocycles. The van der Waals surface area contributed by atoms with Crippen molar-refractivity contribution >= 4 is 11.9 Å². The van der Waals surface area contributed by atoms with Gasteiger partial charge >= 0.3 is 0 Å². The van der Waals surface area contributed by atoms with Crippen LogP contribution in [0.15, 0.2) is 0 Å². The molecule has 0 aromatic carbocycles. The van der Waals surface area contributed by atoms with E-state index in [0.29, 0.717) is 6.04 Å². The standard InChI is InChI=1S/C10H17N5O/c1-3-7-5-4-6(2)15(7)9(16)8-12-10(11)14-13-8/h6-7H,3-5H2,1-2H3,(H3,11,12,13,14). The van der Waals surface area contributed by atoms with Crippen molar-refractivity contribution < 1.29 is 4.79 Å². The largest absolute Gasteiger partial charge is 0.366 e. The molecule has 16 heavy (non-hydrogen) atoms. The smallest absolute Gasteiger partial charge is 0.291 e. The van der Waals surface area contributed by atoms with Crippen LogP contribution in [-0.4, -0.2) is 38.1 Å². The fraction of sp³-hybridized carbons (Fsp3) is 0.700. The van der Waals surface area contributed by atoms with E-state index in [1.54, 1.807) is 0 Å². The van der Waals surface area contributed by atoms with E-state index in [2.05, 4.69) is 29.0 Å². The number of nitrogens with one attached hydrogen (secondary N) is 1. The van der Waals surface area contributed by atoms with E-state index in [1.165, 1.54) is 0 Å². The number of hydrogen-bond donors (Lipinski definition) is 2. The van der Waals surface area contributed by atoms with Crippen LogP contribution in [0, 0.1) is 0 Å². The van der Waals surface area contributed by atoms with Crippen molar-refractivity contribution in [2.45, 2.75) is 45.2 Å². The normalized spacial score (nSPS) is 25.0. The van der Waals surface area contributed by atoms with E-state index in [-0.39, 0.29) is 23.7 Å². The van der Waals surface area contributed by atoms with Crippen molar-refractivity contribution in [3.63, 3.8) is 0 Å². The lowest BCUT2D eigenvalue weighted by Gasteiger charge is -2.26. The third-order valence-electron chi connectivity index (χ3n) is 3.20. The lowest BCUT2D eigenvalue weighted by atomic mass is 10.1. The predicted octanol–water partition coefficient (Wildman–Crippen LogP) is 0.790. The van der Waals surface area contributed by atoms with Crippen LogP contribution in [0.3, 0.4) is 0 Å². The molecule has 1 aromatic rings. The number of carbonyl (C=O) groups is 1. The van der Waals surface area contributed by atoms with Gasteiger partial charge in [0.25, 0.3) is 5.91 Å². The summed E-state index contributed by atoms with van der Waals surface area (Å²) in [5, 5.41) is 6.25. The molecule has 1 aliphatic heterocycles. The molecule has 2 atom stereocenters. The van der Waals surface area contributed by atoms with Gasteiger partial charge in [-0.3, -0.25) is 9.89 Å². The number of rotatable bonds is 2. The summed E-state index contributed by atoms with van der Waals surface area (Å²) in [7, 11) is 0. The third kappa shape index (κ3) is 1.75. The van der Waals surface area contributed by atoms with Crippen LogP contribution in [0.25, 0.3) is 0 Å². The maximum atomic E-state index is 12.2. The van der Waals surface area contributed by atoms with Gasteiger partial charge < -0.3 is 10.6 Å². The molecule has 0 saturated carbocycles. The Morgan fingerprint density at radius 1 is 1.62 bits per heavy atom. The number of anilines is 1. The van der Waals surface area contributed by atoms with Crippen molar-refractivity contribution in [3.05, 3.63) is 5.82 Å². The second-order valence-electron chi connectivity index (χ2n) is 4.24. The van der Waals surface area contributed by atoms with Crippen molar-refractivity contribution in [1.29, 1.82) is 0 Å². The summed E-state index contributed by atoms with van der Waals surface area (Å²) in [5.74, 6) is 0.258. The summed E-state index contributed by atoms with van der Waals surface area (Å²) < 4.78 is 0. The predicted molar refractivity (Wildman–Crippen MR) is 59.7 cm³/mol. The molecule has 2 heterocycles. The molecule has 1 aromatic heterocycles. The van der Waals surface area contributed by atoms with Gasteiger partial charge in [0.05, 0.1) is 0 Å². The van der Waals surface area contributed by atoms with Crippen LogP contribution >= 0.6 is 0 Å². The highest BCUT2D eigenvalue weighted by molar-refractivity contribution is 5.91. The average molecular weight is 223 g/mol. The number of amides is 1. The molecule has 6 nitrogen and oxygen atoms in total. The lowest BCUT2D eigenvalue weighted by molar-refractivity contribution is 0.0664. The highest BCUT2D eigenvalue weighted by Crippen LogP contribution is 2.27. The van der Waals surface area contributed by atoms with Gasteiger partial charge in [-0.05, 0) is 26.2 Å². The highest BCUT2D eigenvalue weighted by Gasteiger charge is 2.34. The van der Waals surface area contributed by atoms with E-state index in [9.17, 15) is 4.79 Å². The molecule has 0 bridgehead atoms. The lowest BCUT2D eigenvalue weighted by Crippen LogP contribution is -2.40. The van der Waals surface area contributed by atoms with Crippen LogP contribution in [0.5, 0.6) is 0 Å². The Kier molecular flexibility index (Phi) is 2.80. The maximum absolute atomic E-state index is 12.2. The molecule has 2 unspecified atom stereocenters. The minimum Gasteiger partial charge on any atom is -0.366 e. The maximum Gasteiger partial charge on any atom is 0.291 e. The zero-order valence-electron chi connectivity index (χ0n) is 9.60. The van der Waals surface area contributed by atoms with Gasteiger partial charge in [-0.2, -0.15) is 4.98 Å². The second-order valence-corrected chi connectivity index (χ2v) is 4.24. The Bertz CT molecular complexity index is 388. The van der Waals surface area contributed by atoms with Gasteiger partial charge in [0, 0.05) is 12.1 Å². The average Bonchev–Trinajstić information content (AvgIpc) is 2.83. The number of carbonyl (C=O) groups excluding carboxylic acids is 1. The Labute approximate surface area is 94.2 Å². The number of nitrogens with zero attached hydrogens (tertiary/aromatic N) is 3. The topological polar surface area (TPSA) is 87.9 Å². The van der Waals surface area contributed by atoms with Crippen molar-refractivity contribution in [2.75, 3.05) is 5.73 Å². The van der Waals surface area contributed by atoms with Crippen molar-refractivity contribution in [2.24, 2.45) is 0 Å². The third-order valence-corrected chi connectivity index (χ3v) is 3.20. The first kappa shape index (κ1) is 10.9. The number of aromatic nitrogens is 3. The van der Waals surface area contributed by atoms with E-state index in [4.69, 9.17) is 5.73 Å². The summed E-state index contributed by atoms with van der Waals surface area (Å²) in [6.45, 7) is 4.16. The Morgan fingerprint density at radius 3 is 2.94 bits per heavy atom. The summed E-state index contributed by atoms with van der Waals surface area (Å²) in [6.07, 6.45) is 3.08. The number of nitrogen functional groups attached to an aromatic ring is 1. The molecule has 6 heteroatoms. The molecule has 88 valence electrons. The molecule has 0 radical (unpaired) electrons. The fourth-order valence-electron chi connectivity index (χ4n) is 2.33. The van der Waals surface area contributed by atoms with Crippen LogP contribution in [-0.2, 0) is 0 Å². The zero-order valence-corrected chi connectivity index (χ0v) is 9.60. The Balaban J connectivity index is 2.20. The van der Waals surface area contributed by atoms with E-state index in [0.717, 1.165) is 19.3 Å². The number of hydrogen-bond acceptors (Lipinski definition) is 4. The zero-order chi connectivity index (χ0) is 11.7.